The molecule has 1 aliphatic carbocycles. The highest BCUT2D eigenvalue weighted by Gasteiger charge is 2.29. The van der Waals surface area contributed by atoms with E-state index in [1.54, 1.807) is 12.4 Å². The Morgan fingerprint density at radius 1 is 1.28 bits per heavy atom. The maximum absolute atomic E-state index is 11.8. The summed E-state index contributed by atoms with van der Waals surface area (Å²) in [6, 6.07) is 3.66. The number of rotatable bonds is 4. The predicted octanol–water partition coefficient (Wildman–Crippen LogP) is 1.44. The topological polar surface area (TPSA) is 62.2 Å². The van der Waals surface area contributed by atoms with E-state index in [-0.39, 0.29) is 5.91 Å². The molecule has 2 N–H and O–H groups in total. The van der Waals surface area contributed by atoms with E-state index < -0.39 is 5.60 Å². The van der Waals surface area contributed by atoms with Gasteiger partial charge in [0.15, 0.2) is 0 Å². The molecule has 0 bridgehead atoms. The van der Waals surface area contributed by atoms with Crippen LogP contribution in [0.4, 0.5) is 0 Å². The molecule has 0 saturated heterocycles. The molecule has 98 valence electrons. The van der Waals surface area contributed by atoms with Crippen LogP contribution >= 0.6 is 0 Å². The number of pyridine rings is 1. The Hall–Kier alpha value is -1.42. The van der Waals surface area contributed by atoms with Crippen LogP contribution in [0.5, 0.6) is 0 Å². The molecular weight excluding hydrogens is 228 g/mol. The second-order valence-corrected chi connectivity index (χ2v) is 5.09. The van der Waals surface area contributed by atoms with Crippen molar-refractivity contribution >= 4 is 5.91 Å². The van der Waals surface area contributed by atoms with Crippen molar-refractivity contribution in [2.75, 3.05) is 6.54 Å². The highest BCUT2D eigenvalue weighted by atomic mass is 16.3. The fourth-order valence-corrected chi connectivity index (χ4v) is 2.40. The van der Waals surface area contributed by atoms with Crippen LogP contribution in [0.25, 0.3) is 0 Å². The first kappa shape index (κ1) is 13.0. The van der Waals surface area contributed by atoms with Gasteiger partial charge >= 0.3 is 0 Å². The minimum atomic E-state index is -0.688. The fraction of sp³-hybridized carbons (Fsp3) is 0.571. The zero-order valence-corrected chi connectivity index (χ0v) is 10.6. The van der Waals surface area contributed by atoms with Crippen LogP contribution in [0.1, 0.15) is 37.7 Å². The highest BCUT2D eigenvalue weighted by molar-refractivity contribution is 5.78. The quantitative estimate of drug-likeness (QED) is 0.847. The van der Waals surface area contributed by atoms with Gasteiger partial charge in [-0.15, -0.1) is 0 Å². The van der Waals surface area contributed by atoms with E-state index >= 15 is 0 Å². The number of hydrogen-bond donors (Lipinski definition) is 2. The van der Waals surface area contributed by atoms with E-state index in [2.05, 4.69) is 10.3 Å². The Morgan fingerprint density at radius 2 is 1.94 bits per heavy atom. The van der Waals surface area contributed by atoms with Crippen LogP contribution in [0.2, 0.25) is 0 Å². The number of aliphatic hydroxyl groups is 1. The SMILES string of the molecule is O=C(Cc1ccncc1)NCC1(O)CCCCC1. The first-order chi connectivity index (χ1) is 8.68. The molecule has 18 heavy (non-hydrogen) atoms. The molecule has 4 nitrogen and oxygen atoms in total. The van der Waals surface area contributed by atoms with Gasteiger partial charge in [-0.1, -0.05) is 19.3 Å². The molecule has 1 aromatic rings. The summed E-state index contributed by atoms with van der Waals surface area (Å²) in [7, 11) is 0. The molecule has 0 aromatic carbocycles. The molecule has 4 heteroatoms. The Kier molecular flexibility index (Phi) is 4.31. The fourth-order valence-electron chi connectivity index (χ4n) is 2.40. The van der Waals surface area contributed by atoms with Gasteiger partial charge in [0.2, 0.25) is 5.91 Å². The summed E-state index contributed by atoms with van der Waals surface area (Å²) >= 11 is 0. The molecule has 0 unspecified atom stereocenters. The van der Waals surface area contributed by atoms with Crippen molar-refractivity contribution in [2.45, 2.75) is 44.1 Å². The summed E-state index contributed by atoms with van der Waals surface area (Å²) in [6.07, 6.45) is 8.58. The highest BCUT2D eigenvalue weighted by Crippen LogP contribution is 2.27. The van der Waals surface area contributed by atoms with Crippen molar-refractivity contribution in [3.63, 3.8) is 0 Å². The van der Waals surface area contributed by atoms with Crippen molar-refractivity contribution in [3.05, 3.63) is 30.1 Å². The predicted molar refractivity (Wildman–Crippen MR) is 69.0 cm³/mol. The van der Waals surface area contributed by atoms with Gasteiger partial charge in [0.1, 0.15) is 0 Å². The molecule has 0 aliphatic heterocycles. The molecule has 1 amide bonds. The minimum absolute atomic E-state index is 0.0415. The van der Waals surface area contributed by atoms with Crippen LogP contribution in [0, 0.1) is 0 Å². The van der Waals surface area contributed by atoms with Crippen LogP contribution in [-0.4, -0.2) is 28.1 Å². The van der Waals surface area contributed by atoms with E-state index in [4.69, 9.17) is 0 Å². The van der Waals surface area contributed by atoms with E-state index in [9.17, 15) is 9.90 Å². The van der Waals surface area contributed by atoms with Gasteiger partial charge in [-0.2, -0.15) is 0 Å². The van der Waals surface area contributed by atoms with Gasteiger partial charge in [0.25, 0.3) is 0 Å². The van der Waals surface area contributed by atoms with Crippen molar-refractivity contribution < 1.29 is 9.90 Å². The molecule has 0 radical (unpaired) electrons. The van der Waals surface area contributed by atoms with Gasteiger partial charge in [-0.3, -0.25) is 9.78 Å². The smallest absolute Gasteiger partial charge is 0.224 e. The van der Waals surface area contributed by atoms with Crippen molar-refractivity contribution in [3.8, 4) is 0 Å². The summed E-state index contributed by atoms with van der Waals surface area (Å²) < 4.78 is 0. The summed E-state index contributed by atoms with van der Waals surface area (Å²) in [5.41, 5.74) is 0.254. The molecule has 2 rings (SSSR count). The van der Waals surface area contributed by atoms with Gasteiger partial charge in [0.05, 0.1) is 12.0 Å². The summed E-state index contributed by atoms with van der Waals surface area (Å²) in [5, 5.41) is 13.1. The number of nitrogens with zero attached hydrogens (tertiary/aromatic N) is 1. The monoisotopic (exact) mass is 248 g/mol. The largest absolute Gasteiger partial charge is 0.388 e. The van der Waals surface area contributed by atoms with Crippen molar-refractivity contribution in [1.29, 1.82) is 0 Å². The van der Waals surface area contributed by atoms with Crippen LogP contribution in [0.15, 0.2) is 24.5 Å². The van der Waals surface area contributed by atoms with Crippen molar-refractivity contribution in [2.24, 2.45) is 0 Å². The third-order valence-corrected chi connectivity index (χ3v) is 3.51. The Morgan fingerprint density at radius 3 is 2.61 bits per heavy atom. The standard InChI is InChI=1S/C14H20N2O2/c17-13(10-12-4-8-15-9-5-12)16-11-14(18)6-2-1-3-7-14/h4-5,8-9,18H,1-3,6-7,10-11H2,(H,16,17). The first-order valence-corrected chi connectivity index (χ1v) is 6.56. The first-order valence-electron chi connectivity index (χ1n) is 6.56. The maximum Gasteiger partial charge on any atom is 0.224 e. The number of carbonyl (C=O) groups is 1. The molecule has 0 spiro atoms. The summed E-state index contributed by atoms with van der Waals surface area (Å²) in [6.45, 7) is 0.372. The Bertz CT molecular complexity index is 386. The Labute approximate surface area is 107 Å². The number of hydrogen-bond acceptors (Lipinski definition) is 3. The number of aromatic nitrogens is 1. The summed E-state index contributed by atoms with van der Waals surface area (Å²) in [4.78, 5) is 15.7. The Balaban J connectivity index is 1.78. The average molecular weight is 248 g/mol. The summed E-state index contributed by atoms with van der Waals surface area (Å²) in [5.74, 6) is -0.0415. The molecule has 1 fully saturated rings. The second-order valence-electron chi connectivity index (χ2n) is 5.09. The third-order valence-electron chi connectivity index (χ3n) is 3.51. The van der Waals surface area contributed by atoms with Gasteiger partial charge in [-0.05, 0) is 30.5 Å². The van der Waals surface area contributed by atoms with Crippen LogP contribution < -0.4 is 5.32 Å². The molecule has 1 saturated carbocycles. The van der Waals surface area contributed by atoms with E-state index in [0.29, 0.717) is 13.0 Å². The second kappa shape index (κ2) is 5.96. The molecular formula is C14H20N2O2. The van der Waals surface area contributed by atoms with Crippen LogP contribution in [0.3, 0.4) is 0 Å². The molecule has 1 aromatic heterocycles. The third kappa shape index (κ3) is 3.81. The average Bonchev–Trinajstić information content (AvgIpc) is 2.39. The normalized spacial score (nSPS) is 18.3. The van der Waals surface area contributed by atoms with E-state index in [1.807, 2.05) is 12.1 Å². The zero-order valence-electron chi connectivity index (χ0n) is 10.6. The van der Waals surface area contributed by atoms with Crippen LogP contribution in [-0.2, 0) is 11.2 Å². The lowest BCUT2D eigenvalue weighted by Gasteiger charge is -2.32. The van der Waals surface area contributed by atoms with E-state index in [0.717, 1.165) is 31.2 Å². The maximum atomic E-state index is 11.8. The lowest BCUT2D eigenvalue weighted by Crippen LogP contribution is -2.44. The van der Waals surface area contributed by atoms with Crippen molar-refractivity contribution in [1.82, 2.24) is 10.3 Å². The molecule has 1 aliphatic rings. The lowest BCUT2D eigenvalue weighted by molar-refractivity contribution is -0.122. The minimum Gasteiger partial charge on any atom is -0.388 e. The molecule has 0 atom stereocenters. The lowest BCUT2D eigenvalue weighted by atomic mass is 9.85. The van der Waals surface area contributed by atoms with Gasteiger partial charge in [0, 0.05) is 18.9 Å². The van der Waals surface area contributed by atoms with Gasteiger partial charge < -0.3 is 10.4 Å². The van der Waals surface area contributed by atoms with E-state index in [1.165, 1.54) is 6.42 Å². The molecule has 1 heterocycles. The number of nitrogens with one attached hydrogen (secondary N) is 1. The number of carbonyl (C=O) groups excluding carboxylic acids is 1. The number of amides is 1. The zero-order chi connectivity index (χ0) is 12.8. The van der Waals surface area contributed by atoms with Gasteiger partial charge in [-0.25, -0.2) is 0 Å².